The van der Waals surface area contributed by atoms with Gasteiger partial charge in [-0.2, -0.15) is 4.98 Å². The molecule has 4 rings (SSSR count). The molecule has 0 spiro atoms. The molecule has 138 valence electrons. The Hall–Kier alpha value is -3.02. The highest BCUT2D eigenvalue weighted by atomic mass is 19.1. The second kappa shape index (κ2) is 6.61. The highest BCUT2D eigenvalue weighted by Gasteiger charge is 2.36. The number of amides is 1. The molecule has 1 aliphatic rings. The third-order valence-corrected chi connectivity index (χ3v) is 4.94. The molecular formula is C21H20FN3O2. The van der Waals surface area contributed by atoms with Gasteiger partial charge in [-0.25, -0.2) is 4.39 Å². The first-order valence-electron chi connectivity index (χ1n) is 8.90. The molecule has 1 aromatic heterocycles. The van der Waals surface area contributed by atoms with Crippen molar-refractivity contribution in [3.63, 3.8) is 0 Å². The zero-order valence-corrected chi connectivity index (χ0v) is 15.5. The first-order valence-corrected chi connectivity index (χ1v) is 8.90. The molecule has 1 saturated heterocycles. The summed E-state index contributed by atoms with van der Waals surface area (Å²) >= 11 is 0. The smallest absolute Gasteiger partial charge is 0.260 e. The number of halogens is 1. The highest BCUT2D eigenvalue weighted by Crippen LogP contribution is 2.35. The average molecular weight is 365 g/mol. The molecule has 1 amide bonds. The van der Waals surface area contributed by atoms with Crippen LogP contribution in [0.4, 0.5) is 10.1 Å². The number of carbonyl (C=O) groups excluding carboxylic acids is 1. The van der Waals surface area contributed by atoms with E-state index in [9.17, 15) is 9.18 Å². The first kappa shape index (κ1) is 17.4. The number of nitrogens with zero attached hydrogens (tertiary/aromatic N) is 3. The van der Waals surface area contributed by atoms with Crippen LogP contribution in [0, 0.1) is 26.6 Å². The Labute approximate surface area is 156 Å². The van der Waals surface area contributed by atoms with Gasteiger partial charge in [-0.1, -0.05) is 35.0 Å². The topological polar surface area (TPSA) is 59.2 Å². The van der Waals surface area contributed by atoms with Crippen LogP contribution in [0.15, 0.2) is 40.9 Å². The largest absolute Gasteiger partial charge is 0.334 e. The van der Waals surface area contributed by atoms with Crippen molar-refractivity contribution in [2.24, 2.45) is 0 Å². The second-order valence-corrected chi connectivity index (χ2v) is 7.09. The minimum atomic E-state index is -0.414. The summed E-state index contributed by atoms with van der Waals surface area (Å²) < 4.78 is 19.2. The summed E-state index contributed by atoms with van der Waals surface area (Å²) in [6.45, 7) is 6.56. The lowest BCUT2D eigenvalue weighted by atomic mass is 10.0. The van der Waals surface area contributed by atoms with E-state index in [-0.39, 0.29) is 23.3 Å². The molecule has 2 heterocycles. The van der Waals surface area contributed by atoms with Crippen LogP contribution in [0.25, 0.3) is 11.5 Å². The molecule has 0 saturated carbocycles. The Bertz CT molecular complexity index is 1000. The van der Waals surface area contributed by atoms with E-state index in [2.05, 4.69) is 22.3 Å². The number of aryl methyl sites for hydroxylation is 3. The molecular weight excluding hydrogens is 345 g/mol. The number of benzene rings is 2. The molecule has 1 atom stereocenters. The van der Waals surface area contributed by atoms with Gasteiger partial charge in [0.25, 0.3) is 5.89 Å². The van der Waals surface area contributed by atoms with E-state index in [4.69, 9.17) is 4.52 Å². The fourth-order valence-electron chi connectivity index (χ4n) is 3.84. The third kappa shape index (κ3) is 3.12. The highest BCUT2D eigenvalue weighted by molar-refractivity contribution is 5.97. The molecule has 1 aliphatic heterocycles. The zero-order valence-electron chi connectivity index (χ0n) is 15.5. The van der Waals surface area contributed by atoms with Crippen LogP contribution in [0.2, 0.25) is 0 Å². The Morgan fingerprint density at radius 3 is 2.56 bits per heavy atom. The predicted octanol–water partition coefficient (Wildman–Crippen LogP) is 4.32. The van der Waals surface area contributed by atoms with Crippen LogP contribution >= 0.6 is 0 Å². The lowest BCUT2D eigenvalue weighted by molar-refractivity contribution is -0.117. The van der Waals surface area contributed by atoms with Gasteiger partial charge in [0.05, 0.1) is 5.56 Å². The number of anilines is 1. The Kier molecular flexibility index (Phi) is 4.26. The number of hydrogen-bond acceptors (Lipinski definition) is 4. The summed E-state index contributed by atoms with van der Waals surface area (Å²) in [6.07, 6.45) is 0.309. The molecule has 0 radical (unpaired) electrons. The van der Waals surface area contributed by atoms with Crippen LogP contribution in [-0.4, -0.2) is 22.6 Å². The van der Waals surface area contributed by atoms with Crippen molar-refractivity contribution >= 4 is 11.6 Å². The van der Waals surface area contributed by atoms with E-state index in [1.807, 2.05) is 20.8 Å². The van der Waals surface area contributed by atoms with Crippen molar-refractivity contribution in [2.45, 2.75) is 33.1 Å². The predicted molar refractivity (Wildman–Crippen MR) is 100 cm³/mol. The molecule has 2 aromatic carbocycles. The monoisotopic (exact) mass is 365 g/mol. The Balaban J connectivity index is 1.62. The second-order valence-electron chi connectivity index (χ2n) is 7.09. The van der Waals surface area contributed by atoms with E-state index >= 15 is 0 Å². The van der Waals surface area contributed by atoms with Crippen molar-refractivity contribution in [3.05, 3.63) is 64.7 Å². The molecule has 0 aliphatic carbocycles. The van der Waals surface area contributed by atoms with Crippen molar-refractivity contribution in [2.75, 3.05) is 11.4 Å². The maximum absolute atomic E-state index is 13.9. The number of hydrogen-bond donors (Lipinski definition) is 0. The van der Waals surface area contributed by atoms with E-state index in [1.54, 1.807) is 23.1 Å². The van der Waals surface area contributed by atoms with Crippen molar-refractivity contribution in [3.8, 4) is 11.5 Å². The molecule has 27 heavy (non-hydrogen) atoms. The maximum atomic E-state index is 13.9. The first-order chi connectivity index (χ1) is 12.9. The summed E-state index contributed by atoms with van der Waals surface area (Å²) in [5.41, 5.74) is 4.53. The van der Waals surface area contributed by atoms with E-state index < -0.39 is 5.82 Å². The minimum absolute atomic E-state index is 0.0345. The number of rotatable bonds is 3. The van der Waals surface area contributed by atoms with Crippen LogP contribution in [0.3, 0.4) is 0 Å². The van der Waals surface area contributed by atoms with Gasteiger partial charge in [0.2, 0.25) is 5.91 Å². The third-order valence-electron chi connectivity index (χ3n) is 4.94. The zero-order chi connectivity index (χ0) is 19.1. The molecule has 1 fully saturated rings. The van der Waals surface area contributed by atoms with Gasteiger partial charge in [0.15, 0.2) is 5.82 Å². The average Bonchev–Trinajstić information content (AvgIpc) is 3.22. The van der Waals surface area contributed by atoms with Gasteiger partial charge in [-0.15, -0.1) is 0 Å². The molecule has 5 nitrogen and oxygen atoms in total. The maximum Gasteiger partial charge on any atom is 0.260 e. The number of aromatic nitrogens is 2. The summed E-state index contributed by atoms with van der Waals surface area (Å²) in [5, 5.41) is 4.01. The molecule has 1 unspecified atom stereocenters. The molecule has 0 N–H and O–H groups in total. The lowest BCUT2D eigenvalue weighted by Gasteiger charge is -2.22. The summed E-state index contributed by atoms with van der Waals surface area (Å²) in [6, 6.07) is 10.4. The van der Waals surface area contributed by atoms with Gasteiger partial charge >= 0.3 is 0 Å². The van der Waals surface area contributed by atoms with E-state index in [0.29, 0.717) is 18.8 Å². The molecule has 6 heteroatoms. The summed E-state index contributed by atoms with van der Waals surface area (Å²) in [7, 11) is 0. The van der Waals surface area contributed by atoms with Gasteiger partial charge < -0.3 is 9.42 Å². The van der Waals surface area contributed by atoms with Crippen LogP contribution < -0.4 is 4.90 Å². The normalized spacial score (nSPS) is 17.0. The fraction of sp³-hybridized carbons (Fsp3) is 0.286. The number of carbonyl (C=O) groups is 1. The van der Waals surface area contributed by atoms with Crippen molar-refractivity contribution in [1.82, 2.24) is 10.1 Å². The van der Waals surface area contributed by atoms with Crippen molar-refractivity contribution < 1.29 is 13.7 Å². The van der Waals surface area contributed by atoms with E-state index in [1.165, 1.54) is 11.6 Å². The summed E-state index contributed by atoms with van der Waals surface area (Å²) in [5.74, 6) is 0.0140. The summed E-state index contributed by atoms with van der Waals surface area (Å²) in [4.78, 5) is 18.8. The van der Waals surface area contributed by atoms with E-state index in [0.717, 1.165) is 16.8 Å². The fourth-order valence-corrected chi connectivity index (χ4v) is 3.84. The van der Waals surface area contributed by atoms with Gasteiger partial charge in [0, 0.05) is 24.6 Å². The standard InChI is InChI=1S/C21H20FN3O2/c1-12-8-13(2)19(14(3)9-12)25-11-15(10-18(25)26)20-23-21(27-24-20)16-6-4-5-7-17(16)22/h4-9,15H,10-11H2,1-3H3. The lowest BCUT2D eigenvalue weighted by Crippen LogP contribution is -2.26. The quantitative estimate of drug-likeness (QED) is 0.693. The van der Waals surface area contributed by atoms with Crippen LogP contribution in [-0.2, 0) is 4.79 Å². The van der Waals surface area contributed by atoms with Gasteiger partial charge in [-0.3, -0.25) is 4.79 Å². The van der Waals surface area contributed by atoms with Crippen LogP contribution in [0.5, 0.6) is 0 Å². The SMILES string of the molecule is Cc1cc(C)c(N2CC(c3noc(-c4ccccc4F)n3)CC2=O)c(C)c1. The molecule has 0 bridgehead atoms. The van der Waals surface area contributed by atoms with Gasteiger partial charge in [-0.05, 0) is 44.0 Å². The Morgan fingerprint density at radius 2 is 1.85 bits per heavy atom. The van der Waals surface area contributed by atoms with Crippen LogP contribution in [0.1, 0.15) is 34.9 Å². The molecule has 3 aromatic rings. The van der Waals surface area contributed by atoms with Crippen molar-refractivity contribution in [1.29, 1.82) is 0 Å². The minimum Gasteiger partial charge on any atom is -0.334 e. The Morgan fingerprint density at radius 1 is 1.15 bits per heavy atom. The van der Waals surface area contributed by atoms with Gasteiger partial charge in [0.1, 0.15) is 5.82 Å².